The van der Waals surface area contributed by atoms with Crippen molar-refractivity contribution >= 4 is 6.16 Å². The van der Waals surface area contributed by atoms with Gasteiger partial charge in [0.2, 0.25) is 6.29 Å². The van der Waals surface area contributed by atoms with Crippen molar-refractivity contribution in [1.82, 2.24) is 0 Å². The number of carbonyl (C=O) groups is 1. The van der Waals surface area contributed by atoms with Crippen molar-refractivity contribution in [2.24, 2.45) is 0 Å². The summed E-state index contributed by atoms with van der Waals surface area (Å²) in [4.78, 5) is 10.6. The molecule has 11 heavy (non-hydrogen) atoms. The maximum atomic E-state index is 10.6. The summed E-state index contributed by atoms with van der Waals surface area (Å²) in [5.74, 6) is 0. The average molecular weight is 161 g/mol. The molecule has 0 N–H and O–H groups in total. The van der Waals surface area contributed by atoms with E-state index in [0.29, 0.717) is 0 Å². The number of hydrogen-bond acceptors (Lipinski definition) is 3. The molecule has 0 saturated heterocycles. The lowest BCUT2D eigenvalue weighted by Crippen LogP contribution is -2.26. The smallest absolute Gasteiger partial charge is 0.429 e. The van der Waals surface area contributed by atoms with E-state index in [9.17, 15) is 9.90 Å². The van der Waals surface area contributed by atoms with Crippen molar-refractivity contribution in [2.75, 3.05) is 0 Å². The van der Waals surface area contributed by atoms with Crippen LogP contribution < -0.4 is 0 Å². The monoisotopic (exact) mass is 161 g/mol. The highest BCUT2D eigenvalue weighted by atomic mass is 16.8. The molecule has 0 spiro atoms. The van der Waals surface area contributed by atoms with Gasteiger partial charge in [0.25, 0.3) is 0 Å². The Hall–Kier alpha value is -0.770. The molecule has 1 atom stereocenters. The quantitative estimate of drug-likeness (QED) is 0.434. The summed E-state index contributed by atoms with van der Waals surface area (Å²) in [6.07, 6.45) is -2.29. The molecule has 0 aromatic carbocycles. The van der Waals surface area contributed by atoms with E-state index in [1.165, 1.54) is 6.92 Å². The van der Waals surface area contributed by atoms with Crippen LogP contribution in [0.15, 0.2) is 0 Å². The first kappa shape index (κ1) is 10.2. The summed E-state index contributed by atoms with van der Waals surface area (Å²) in [5.41, 5.74) is -0.605. The molecule has 4 nitrogen and oxygen atoms in total. The Morgan fingerprint density at radius 3 is 2.09 bits per heavy atom. The van der Waals surface area contributed by atoms with Crippen LogP contribution in [0, 0.1) is 0 Å². The van der Waals surface area contributed by atoms with Gasteiger partial charge in [-0.1, -0.05) is 0 Å². The summed E-state index contributed by atoms with van der Waals surface area (Å²) < 4.78 is 8.90. The second-order valence-electron chi connectivity index (χ2n) is 3.15. The van der Waals surface area contributed by atoms with E-state index in [2.05, 4.69) is 9.47 Å². The third-order valence-corrected chi connectivity index (χ3v) is 0.652. The number of carbonyl (C=O) groups excluding carboxylic acids is 1. The molecule has 0 aromatic heterocycles. The van der Waals surface area contributed by atoms with E-state index < -0.39 is 18.0 Å². The zero-order chi connectivity index (χ0) is 9.07. The van der Waals surface area contributed by atoms with Gasteiger partial charge in [-0.05, 0) is 20.8 Å². The number of ether oxygens (including phenoxy) is 2. The largest absolute Gasteiger partial charge is 0.511 e. The van der Waals surface area contributed by atoms with Gasteiger partial charge in [0.05, 0.1) is 0 Å². The highest BCUT2D eigenvalue weighted by molar-refractivity contribution is 5.60. The molecular formula is C7H13O4. The van der Waals surface area contributed by atoms with Gasteiger partial charge in [0, 0.05) is 6.92 Å². The molecule has 0 saturated carbocycles. The molecule has 1 unspecified atom stereocenters. The highest BCUT2D eigenvalue weighted by Crippen LogP contribution is 2.08. The number of rotatable bonds is 1. The first-order valence-electron chi connectivity index (χ1n) is 3.37. The van der Waals surface area contributed by atoms with E-state index in [4.69, 9.17) is 0 Å². The first-order valence-corrected chi connectivity index (χ1v) is 3.37. The van der Waals surface area contributed by atoms with Crippen LogP contribution in [-0.4, -0.2) is 18.0 Å². The molecule has 0 aromatic rings. The molecule has 0 amide bonds. The molecule has 0 aliphatic rings. The molecule has 0 heterocycles. The molecule has 0 aliphatic heterocycles. The minimum Gasteiger partial charge on any atom is -0.429 e. The summed E-state index contributed by atoms with van der Waals surface area (Å²) in [5, 5.41) is 10.3. The molecule has 1 radical (unpaired) electrons. The van der Waals surface area contributed by atoms with Gasteiger partial charge in [0.1, 0.15) is 5.60 Å². The molecule has 0 rings (SSSR count). The molecule has 0 bridgehead atoms. The Labute approximate surface area is 66.1 Å². The van der Waals surface area contributed by atoms with Crippen LogP contribution in [0.4, 0.5) is 4.79 Å². The second kappa shape index (κ2) is 3.57. The van der Waals surface area contributed by atoms with Gasteiger partial charge >= 0.3 is 6.16 Å². The highest BCUT2D eigenvalue weighted by Gasteiger charge is 2.18. The van der Waals surface area contributed by atoms with Gasteiger partial charge in [-0.3, -0.25) is 0 Å². The summed E-state index contributed by atoms with van der Waals surface area (Å²) in [7, 11) is 0. The minimum absolute atomic E-state index is 0.605. The van der Waals surface area contributed by atoms with Crippen molar-refractivity contribution in [3.8, 4) is 0 Å². The van der Waals surface area contributed by atoms with Crippen LogP contribution in [0.1, 0.15) is 27.7 Å². The van der Waals surface area contributed by atoms with Crippen molar-refractivity contribution in [1.29, 1.82) is 0 Å². The van der Waals surface area contributed by atoms with Crippen LogP contribution in [0.25, 0.3) is 0 Å². The summed E-state index contributed by atoms with van der Waals surface area (Å²) in [6, 6.07) is 0. The van der Waals surface area contributed by atoms with E-state index >= 15 is 0 Å². The Morgan fingerprint density at radius 2 is 1.82 bits per heavy atom. The van der Waals surface area contributed by atoms with Gasteiger partial charge in [-0.15, -0.1) is 0 Å². The Bertz CT molecular complexity index is 134. The third-order valence-electron chi connectivity index (χ3n) is 0.652. The zero-order valence-corrected chi connectivity index (χ0v) is 7.21. The molecule has 0 fully saturated rings. The lowest BCUT2D eigenvalue weighted by atomic mass is 10.2. The van der Waals surface area contributed by atoms with Gasteiger partial charge in [-0.2, -0.15) is 5.11 Å². The predicted molar refractivity (Wildman–Crippen MR) is 37.5 cm³/mol. The normalized spacial score (nSPS) is 13.9. The van der Waals surface area contributed by atoms with Gasteiger partial charge in [-0.25, -0.2) is 4.79 Å². The fourth-order valence-electron chi connectivity index (χ4n) is 0.410. The van der Waals surface area contributed by atoms with E-state index in [-0.39, 0.29) is 0 Å². The lowest BCUT2D eigenvalue weighted by molar-refractivity contribution is -0.119. The summed E-state index contributed by atoms with van der Waals surface area (Å²) in [6.45, 7) is 6.32. The zero-order valence-electron chi connectivity index (χ0n) is 7.21. The van der Waals surface area contributed by atoms with Crippen LogP contribution >= 0.6 is 0 Å². The standard InChI is InChI=1S/C7H13O4/c1-5(8)10-6(9)11-7(2,3)4/h5H,1-4H3. The van der Waals surface area contributed by atoms with E-state index in [1.807, 2.05) is 0 Å². The van der Waals surface area contributed by atoms with E-state index in [1.54, 1.807) is 20.8 Å². The Morgan fingerprint density at radius 1 is 1.36 bits per heavy atom. The lowest BCUT2D eigenvalue weighted by Gasteiger charge is -2.18. The Kier molecular flexibility index (Phi) is 3.32. The van der Waals surface area contributed by atoms with E-state index in [0.717, 1.165) is 0 Å². The number of hydrogen-bond donors (Lipinski definition) is 0. The molecule has 4 heteroatoms. The maximum Gasteiger partial charge on any atom is 0.511 e. The fraction of sp³-hybridized carbons (Fsp3) is 0.857. The third kappa shape index (κ3) is 7.12. The van der Waals surface area contributed by atoms with Crippen LogP contribution in [-0.2, 0) is 14.6 Å². The first-order chi connectivity index (χ1) is 4.81. The Balaban J connectivity index is 3.71. The van der Waals surface area contributed by atoms with Crippen molar-refractivity contribution in [3.63, 3.8) is 0 Å². The van der Waals surface area contributed by atoms with Gasteiger partial charge < -0.3 is 9.47 Å². The van der Waals surface area contributed by atoms with Crippen LogP contribution in [0.2, 0.25) is 0 Å². The molecule has 65 valence electrons. The maximum absolute atomic E-state index is 10.6. The van der Waals surface area contributed by atoms with Gasteiger partial charge in [0.15, 0.2) is 0 Å². The van der Waals surface area contributed by atoms with Crippen molar-refractivity contribution < 1.29 is 19.4 Å². The second-order valence-corrected chi connectivity index (χ2v) is 3.15. The summed E-state index contributed by atoms with van der Waals surface area (Å²) >= 11 is 0. The average Bonchev–Trinajstić information content (AvgIpc) is 1.53. The SMILES string of the molecule is CC([O])OC(=O)OC(C)(C)C. The van der Waals surface area contributed by atoms with Crippen LogP contribution in [0.3, 0.4) is 0 Å². The minimum atomic E-state index is -1.37. The molecular weight excluding hydrogens is 148 g/mol. The van der Waals surface area contributed by atoms with Crippen LogP contribution in [0.5, 0.6) is 0 Å². The van der Waals surface area contributed by atoms with Crippen molar-refractivity contribution in [3.05, 3.63) is 0 Å². The topological polar surface area (TPSA) is 55.4 Å². The molecule has 0 aliphatic carbocycles. The van der Waals surface area contributed by atoms with Crippen molar-refractivity contribution in [2.45, 2.75) is 39.6 Å². The predicted octanol–water partition coefficient (Wildman–Crippen LogP) is 1.71. The fourth-order valence-corrected chi connectivity index (χ4v) is 0.410.